The number of carbonyl (C=O) groups excluding carboxylic acids is 3. The Labute approximate surface area is 130 Å². The van der Waals surface area contributed by atoms with E-state index in [-0.39, 0.29) is 21.9 Å². The van der Waals surface area contributed by atoms with E-state index in [1.807, 2.05) is 0 Å². The third-order valence-electron chi connectivity index (χ3n) is 3.04. The highest BCUT2D eigenvalue weighted by Gasteiger charge is 2.36. The fraction of sp³-hybridized carbons (Fsp3) is 0. The van der Waals surface area contributed by atoms with Crippen LogP contribution in [-0.4, -0.2) is 22.9 Å². The number of carbonyl (C=O) groups is 3. The first-order valence-electron chi connectivity index (χ1n) is 6.29. The highest BCUT2D eigenvalue weighted by Crippen LogP contribution is 2.24. The van der Waals surface area contributed by atoms with Gasteiger partial charge in [-0.3, -0.25) is 9.59 Å². The number of hydrogen-bond acceptors (Lipinski definition) is 4. The van der Waals surface area contributed by atoms with Crippen LogP contribution < -0.4 is 10.2 Å². The second-order valence-electron chi connectivity index (χ2n) is 4.42. The molecule has 1 N–H and O–H groups in total. The molecule has 0 aliphatic carbocycles. The molecule has 0 bridgehead atoms. The fourth-order valence-electron chi connectivity index (χ4n) is 2.03. The molecule has 1 heterocycles. The lowest BCUT2D eigenvalue weighted by Crippen LogP contribution is -2.47. The molecule has 0 fully saturated rings. The van der Waals surface area contributed by atoms with Crippen molar-refractivity contribution in [2.24, 2.45) is 0 Å². The predicted octanol–water partition coefficient (Wildman–Crippen LogP) is 2.64. The number of benzene rings is 2. The van der Waals surface area contributed by atoms with Crippen molar-refractivity contribution < 1.29 is 19.1 Å². The summed E-state index contributed by atoms with van der Waals surface area (Å²) in [5, 5.41) is 0.851. The molecule has 1 aliphatic heterocycles. The molecule has 0 unspecified atom stereocenters. The molecule has 0 spiro atoms. The lowest BCUT2D eigenvalue weighted by atomic mass is 10.1. The number of nitrogens with one attached hydrogen (secondary N) is 1. The molecule has 3 rings (SSSR count). The molecule has 110 valence electrons. The molecule has 0 atom stereocenters. The van der Waals surface area contributed by atoms with E-state index in [4.69, 9.17) is 16.3 Å². The van der Waals surface area contributed by atoms with Crippen LogP contribution in [0, 0.1) is 0 Å². The quantitative estimate of drug-likeness (QED) is 0.864. The zero-order chi connectivity index (χ0) is 15.7. The first kappa shape index (κ1) is 14.1. The Bertz CT molecular complexity index is 756. The van der Waals surface area contributed by atoms with Crippen LogP contribution in [0.3, 0.4) is 0 Å². The number of halogens is 1. The highest BCUT2D eigenvalue weighted by atomic mass is 35.5. The van der Waals surface area contributed by atoms with Gasteiger partial charge in [-0.25, -0.2) is 10.2 Å². The van der Waals surface area contributed by atoms with Crippen molar-refractivity contribution >= 4 is 29.5 Å². The highest BCUT2D eigenvalue weighted by molar-refractivity contribution is 6.32. The predicted molar refractivity (Wildman–Crippen MR) is 77.6 cm³/mol. The summed E-state index contributed by atoms with van der Waals surface area (Å²) < 4.78 is 4.97. The van der Waals surface area contributed by atoms with Crippen molar-refractivity contribution in [1.82, 2.24) is 10.4 Å². The summed E-state index contributed by atoms with van der Waals surface area (Å²) in [6.45, 7) is 0. The molecular weight excluding hydrogens is 308 g/mol. The van der Waals surface area contributed by atoms with Crippen molar-refractivity contribution in [2.45, 2.75) is 0 Å². The van der Waals surface area contributed by atoms with Crippen molar-refractivity contribution in [2.75, 3.05) is 0 Å². The number of rotatable bonds is 2. The topological polar surface area (TPSA) is 75.7 Å². The number of fused-ring (bicyclic) bond motifs is 1. The van der Waals surface area contributed by atoms with Crippen molar-refractivity contribution in [3.63, 3.8) is 0 Å². The average molecular weight is 317 g/mol. The molecule has 7 heteroatoms. The Morgan fingerprint density at radius 2 is 1.50 bits per heavy atom. The van der Waals surface area contributed by atoms with Gasteiger partial charge >= 0.3 is 6.09 Å². The monoisotopic (exact) mass is 316 g/mol. The maximum Gasteiger partial charge on any atom is 0.432 e. The molecule has 0 saturated carbocycles. The van der Waals surface area contributed by atoms with E-state index < -0.39 is 17.9 Å². The lowest BCUT2D eigenvalue weighted by Gasteiger charge is -2.15. The molecule has 1 aliphatic rings. The summed E-state index contributed by atoms with van der Waals surface area (Å²) in [6, 6.07) is 12.6. The van der Waals surface area contributed by atoms with E-state index in [2.05, 4.69) is 5.43 Å². The minimum atomic E-state index is -0.984. The largest absolute Gasteiger partial charge is 0.432 e. The van der Waals surface area contributed by atoms with E-state index in [0.29, 0.717) is 5.01 Å². The van der Waals surface area contributed by atoms with E-state index in [1.54, 1.807) is 30.3 Å². The number of hydrazine groups is 1. The molecular formula is C15H9ClN2O4. The number of para-hydroxylation sites is 1. The van der Waals surface area contributed by atoms with Crippen LogP contribution in [0.1, 0.15) is 20.7 Å². The van der Waals surface area contributed by atoms with E-state index in [9.17, 15) is 14.4 Å². The summed E-state index contributed by atoms with van der Waals surface area (Å²) in [4.78, 5) is 36.0. The summed E-state index contributed by atoms with van der Waals surface area (Å²) in [5.74, 6) is -1.10. The standard InChI is InChI=1S/C15H9ClN2O4/c16-11-7-3-4-8-12(11)22-15(21)17-18-13(19)9-5-1-2-6-10(9)14(18)20/h1-8H,(H,17,21). The van der Waals surface area contributed by atoms with Gasteiger partial charge in [0.15, 0.2) is 5.75 Å². The Morgan fingerprint density at radius 1 is 0.955 bits per heavy atom. The molecule has 0 aromatic heterocycles. The zero-order valence-corrected chi connectivity index (χ0v) is 11.8. The molecule has 3 amide bonds. The summed E-state index contributed by atoms with van der Waals surface area (Å²) in [5.41, 5.74) is 2.57. The summed E-state index contributed by atoms with van der Waals surface area (Å²) >= 11 is 5.86. The van der Waals surface area contributed by atoms with Gasteiger partial charge in [0.05, 0.1) is 16.1 Å². The van der Waals surface area contributed by atoms with E-state index in [0.717, 1.165) is 0 Å². The Hall–Kier alpha value is -2.86. The van der Waals surface area contributed by atoms with Gasteiger partial charge in [-0.15, -0.1) is 0 Å². The van der Waals surface area contributed by atoms with Gasteiger partial charge in [0.2, 0.25) is 0 Å². The third-order valence-corrected chi connectivity index (χ3v) is 3.35. The third kappa shape index (κ3) is 2.40. The molecule has 2 aromatic carbocycles. The molecule has 0 saturated heterocycles. The Balaban J connectivity index is 1.75. The minimum Gasteiger partial charge on any atom is -0.408 e. The van der Waals surface area contributed by atoms with Crippen LogP contribution in [0.2, 0.25) is 5.02 Å². The number of amides is 3. The molecule has 0 radical (unpaired) electrons. The van der Waals surface area contributed by atoms with Crippen LogP contribution in [0.15, 0.2) is 48.5 Å². The molecule has 6 nitrogen and oxygen atoms in total. The number of imide groups is 1. The van der Waals surface area contributed by atoms with E-state index >= 15 is 0 Å². The zero-order valence-electron chi connectivity index (χ0n) is 11.1. The molecule has 22 heavy (non-hydrogen) atoms. The van der Waals surface area contributed by atoms with Crippen LogP contribution in [0.5, 0.6) is 5.75 Å². The number of nitrogens with zero attached hydrogens (tertiary/aromatic N) is 1. The first-order valence-corrected chi connectivity index (χ1v) is 6.66. The van der Waals surface area contributed by atoms with Gasteiger partial charge in [-0.2, -0.15) is 5.01 Å². The maximum atomic E-state index is 12.1. The Kier molecular flexibility index (Phi) is 3.52. The minimum absolute atomic E-state index is 0.123. The second kappa shape index (κ2) is 5.50. The van der Waals surface area contributed by atoms with Crippen LogP contribution in [0.4, 0.5) is 4.79 Å². The lowest BCUT2D eigenvalue weighted by molar-refractivity contribution is 0.0565. The normalized spacial score (nSPS) is 13.0. The number of ether oxygens (including phenoxy) is 1. The Morgan fingerprint density at radius 3 is 2.09 bits per heavy atom. The molecule has 2 aromatic rings. The summed E-state index contributed by atoms with van der Waals surface area (Å²) in [7, 11) is 0. The van der Waals surface area contributed by atoms with Gasteiger partial charge in [-0.05, 0) is 24.3 Å². The van der Waals surface area contributed by atoms with Gasteiger partial charge in [0.25, 0.3) is 11.8 Å². The summed E-state index contributed by atoms with van der Waals surface area (Å²) in [6.07, 6.45) is -0.984. The van der Waals surface area contributed by atoms with Crippen LogP contribution >= 0.6 is 11.6 Å². The smallest absolute Gasteiger partial charge is 0.408 e. The van der Waals surface area contributed by atoms with Gasteiger partial charge in [-0.1, -0.05) is 35.9 Å². The van der Waals surface area contributed by atoms with Gasteiger partial charge in [0, 0.05) is 0 Å². The average Bonchev–Trinajstić information content (AvgIpc) is 2.75. The van der Waals surface area contributed by atoms with Gasteiger partial charge in [0.1, 0.15) is 0 Å². The van der Waals surface area contributed by atoms with E-state index in [1.165, 1.54) is 18.2 Å². The first-order chi connectivity index (χ1) is 10.6. The maximum absolute atomic E-state index is 12.1. The number of hydrogen-bond donors (Lipinski definition) is 1. The van der Waals surface area contributed by atoms with Crippen LogP contribution in [-0.2, 0) is 0 Å². The van der Waals surface area contributed by atoms with Crippen molar-refractivity contribution in [3.05, 3.63) is 64.7 Å². The second-order valence-corrected chi connectivity index (χ2v) is 4.83. The SMILES string of the molecule is O=C(NN1C(=O)c2ccccc2C1=O)Oc1ccccc1Cl. The fourth-order valence-corrected chi connectivity index (χ4v) is 2.21. The van der Waals surface area contributed by atoms with Gasteiger partial charge < -0.3 is 4.74 Å². The van der Waals surface area contributed by atoms with Crippen LogP contribution in [0.25, 0.3) is 0 Å². The van der Waals surface area contributed by atoms with Crippen molar-refractivity contribution in [3.8, 4) is 5.75 Å². The van der Waals surface area contributed by atoms with Crippen molar-refractivity contribution in [1.29, 1.82) is 0 Å².